The van der Waals surface area contributed by atoms with E-state index in [-0.39, 0.29) is 23.7 Å². The highest BCUT2D eigenvalue weighted by molar-refractivity contribution is 7.89. The van der Waals surface area contributed by atoms with Crippen LogP contribution >= 0.6 is 0 Å². The summed E-state index contributed by atoms with van der Waals surface area (Å²) in [6.07, 6.45) is 0. The van der Waals surface area contributed by atoms with E-state index in [1.54, 1.807) is 36.4 Å². The zero-order valence-corrected chi connectivity index (χ0v) is 15.6. The van der Waals surface area contributed by atoms with Crippen molar-refractivity contribution in [3.63, 3.8) is 0 Å². The van der Waals surface area contributed by atoms with Gasteiger partial charge in [-0.25, -0.2) is 13.2 Å². The highest BCUT2D eigenvalue weighted by Gasteiger charge is 2.26. The molecule has 0 bridgehead atoms. The van der Waals surface area contributed by atoms with Gasteiger partial charge in [-0.3, -0.25) is 0 Å². The number of furan rings is 1. The van der Waals surface area contributed by atoms with Gasteiger partial charge in [-0.1, -0.05) is 48.5 Å². The van der Waals surface area contributed by atoms with E-state index in [0.29, 0.717) is 5.76 Å². The van der Waals surface area contributed by atoms with Crippen LogP contribution < -0.4 is 0 Å². The highest BCUT2D eigenvalue weighted by Crippen LogP contribution is 2.22. The van der Waals surface area contributed by atoms with Gasteiger partial charge >= 0.3 is 5.97 Å². The predicted molar refractivity (Wildman–Crippen MR) is 99.4 cm³/mol. The van der Waals surface area contributed by atoms with Crippen molar-refractivity contribution in [3.8, 4) is 0 Å². The monoisotopic (exact) mass is 385 g/mol. The van der Waals surface area contributed by atoms with E-state index in [1.807, 2.05) is 30.3 Å². The summed E-state index contributed by atoms with van der Waals surface area (Å²) in [5, 5.41) is 0. The number of nitrogens with zero attached hydrogens (tertiary/aromatic N) is 1. The Bertz CT molecular complexity index is 997. The number of hydrogen-bond donors (Lipinski definition) is 0. The second-order valence-corrected chi connectivity index (χ2v) is 7.77. The summed E-state index contributed by atoms with van der Waals surface area (Å²) in [5.74, 6) is -0.225. The smallest absolute Gasteiger partial charge is 0.373 e. The zero-order valence-electron chi connectivity index (χ0n) is 14.7. The number of carbonyl (C=O) groups is 1. The van der Waals surface area contributed by atoms with Crippen molar-refractivity contribution in [3.05, 3.63) is 89.9 Å². The number of ether oxygens (including phenoxy) is 1. The average Bonchev–Trinajstić information content (AvgIpc) is 3.17. The molecule has 0 saturated heterocycles. The van der Waals surface area contributed by atoms with Crippen molar-refractivity contribution in [2.75, 3.05) is 7.11 Å². The fraction of sp³-hybridized carbons (Fsp3) is 0.150. The van der Waals surface area contributed by atoms with Crippen LogP contribution in [0.4, 0.5) is 0 Å². The lowest BCUT2D eigenvalue weighted by atomic mass is 10.2. The lowest BCUT2D eigenvalue weighted by molar-refractivity contribution is 0.0562. The molecule has 7 heteroatoms. The van der Waals surface area contributed by atoms with Crippen molar-refractivity contribution in [1.29, 1.82) is 0 Å². The Morgan fingerprint density at radius 1 is 0.926 bits per heavy atom. The number of sulfonamides is 1. The molecular weight excluding hydrogens is 366 g/mol. The van der Waals surface area contributed by atoms with E-state index < -0.39 is 16.0 Å². The van der Waals surface area contributed by atoms with Crippen LogP contribution in [0, 0.1) is 0 Å². The van der Waals surface area contributed by atoms with Gasteiger partial charge in [0.25, 0.3) is 0 Å². The average molecular weight is 385 g/mol. The maximum Gasteiger partial charge on any atom is 0.373 e. The van der Waals surface area contributed by atoms with Gasteiger partial charge in [0.1, 0.15) is 5.76 Å². The summed E-state index contributed by atoms with van der Waals surface area (Å²) >= 11 is 0. The minimum Gasteiger partial charge on any atom is -0.463 e. The van der Waals surface area contributed by atoms with Crippen LogP contribution in [0.5, 0.6) is 0 Å². The third-order valence-corrected chi connectivity index (χ3v) is 5.77. The Kier molecular flexibility index (Phi) is 5.73. The van der Waals surface area contributed by atoms with Crippen LogP contribution in [0.25, 0.3) is 0 Å². The zero-order chi connectivity index (χ0) is 19.3. The molecule has 1 aromatic heterocycles. The molecule has 140 valence electrons. The van der Waals surface area contributed by atoms with Crippen LogP contribution in [-0.4, -0.2) is 25.8 Å². The van der Waals surface area contributed by atoms with Gasteiger partial charge in [0.05, 0.1) is 18.6 Å². The first kappa shape index (κ1) is 18.9. The van der Waals surface area contributed by atoms with Gasteiger partial charge in [0, 0.05) is 6.54 Å². The number of hydrogen-bond acceptors (Lipinski definition) is 5. The van der Waals surface area contributed by atoms with Crippen molar-refractivity contribution >= 4 is 16.0 Å². The van der Waals surface area contributed by atoms with Crippen LogP contribution in [0.2, 0.25) is 0 Å². The fourth-order valence-corrected chi connectivity index (χ4v) is 4.02. The molecule has 6 nitrogen and oxygen atoms in total. The van der Waals surface area contributed by atoms with Gasteiger partial charge in [-0.15, -0.1) is 0 Å². The Balaban J connectivity index is 1.92. The first-order valence-electron chi connectivity index (χ1n) is 8.27. The molecular formula is C20H19NO5S. The normalized spacial score (nSPS) is 11.5. The SMILES string of the molecule is COC(=O)c1ccc(CN(Cc2ccccc2)S(=O)(=O)c2ccccc2)o1. The van der Waals surface area contributed by atoms with Crippen molar-refractivity contribution < 1.29 is 22.4 Å². The van der Waals surface area contributed by atoms with Gasteiger partial charge in [0.2, 0.25) is 15.8 Å². The molecule has 0 spiro atoms. The third-order valence-electron chi connectivity index (χ3n) is 3.96. The summed E-state index contributed by atoms with van der Waals surface area (Å²) in [6.45, 7) is 0.162. The fourth-order valence-electron chi connectivity index (χ4n) is 2.60. The Hall–Kier alpha value is -2.90. The molecule has 0 unspecified atom stereocenters. The molecule has 2 aromatic carbocycles. The summed E-state index contributed by atoms with van der Waals surface area (Å²) in [7, 11) is -2.50. The van der Waals surface area contributed by atoms with E-state index >= 15 is 0 Å². The molecule has 0 saturated carbocycles. The third kappa shape index (κ3) is 4.45. The van der Waals surface area contributed by atoms with Crippen molar-refractivity contribution in [2.45, 2.75) is 18.0 Å². The molecule has 1 heterocycles. The first-order valence-corrected chi connectivity index (χ1v) is 9.71. The summed E-state index contributed by atoms with van der Waals surface area (Å²) in [4.78, 5) is 11.8. The Labute approximate surface area is 158 Å². The van der Waals surface area contributed by atoms with Gasteiger partial charge in [-0.2, -0.15) is 4.31 Å². The van der Waals surface area contributed by atoms with Gasteiger partial charge in [0.15, 0.2) is 0 Å². The summed E-state index contributed by atoms with van der Waals surface area (Å²) in [5.41, 5.74) is 0.844. The largest absolute Gasteiger partial charge is 0.463 e. The van der Waals surface area contributed by atoms with E-state index in [4.69, 9.17) is 4.42 Å². The number of carbonyl (C=O) groups excluding carboxylic acids is 1. The molecule has 0 fully saturated rings. The Morgan fingerprint density at radius 3 is 2.19 bits per heavy atom. The standard InChI is InChI=1S/C20H19NO5S/c1-25-20(22)19-13-12-17(26-19)15-21(14-16-8-4-2-5-9-16)27(23,24)18-10-6-3-7-11-18/h2-13H,14-15H2,1H3. The molecule has 0 atom stereocenters. The van der Waals surface area contributed by atoms with Gasteiger partial charge in [-0.05, 0) is 29.8 Å². The van der Waals surface area contributed by atoms with E-state index in [2.05, 4.69) is 4.74 Å². The minimum atomic E-state index is -3.76. The number of esters is 1. The van der Waals surface area contributed by atoms with E-state index in [9.17, 15) is 13.2 Å². The van der Waals surface area contributed by atoms with Crippen molar-refractivity contribution in [2.24, 2.45) is 0 Å². The molecule has 0 amide bonds. The molecule has 0 N–H and O–H groups in total. The van der Waals surface area contributed by atoms with Crippen LogP contribution in [-0.2, 0) is 27.8 Å². The van der Waals surface area contributed by atoms with Crippen LogP contribution in [0.3, 0.4) is 0 Å². The predicted octanol–water partition coefficient (Wildman–Crippen LogP) is 3.46. The van der Waals surface area contributed by atoms with E-state index in [0.717, 1.165) is 5.56 Å². The van der Waals surface area contributed by atoms with Gasteiger partial charge < -0.3 is 9.15 Å². The van der Waals surface area contributed by atoms with Crippen LogP contribution in [0.15, 0.2) is 82.1 Å². The lowest BCUT2D eigenvalue weighted by Gasteiger charge is -2.21. The number of rotatable bonds is 7. The Morgan fingerprint density at radius 2 is 1.56 bits per heavy atom. The molecule has 0 radical (unpaired) electrons. The topological polar surface area (TPSA) is 76.8 Å². The highest BCUT2D eigenvalue weighted by atomic mass is 32.2. The maximum absolute atomic E-state index is 13.1. The van der Waals surface area contributed by atoms with Crippen molar-refractivity contribution in [1.82, 2.24) is 4.31 Å². The number of benzene rings is 2. The molecule has 3 rings (SSSR count). The minimum absolute atomic E-state index is 0.0108. The quantitative estimate of drug-likeness (QED) is 0.582. The second kappa shape index (κ2) is 8.20. The molecule has 0 aliphatic carbocycles. The number of methoxy groups -OCH3 is 1. The van der Waals surface area contributed by atoms with E-state index in [1.165, 1.54) is 17.5 Å². The molecule has 0 aliphatic rings. The van der Waals surface area contributed by atoms with Crippen LogP contribution in [0.1, 0.15) is 21.9 Å². The lowest BCUT2D eigenvalue weighted by Crippen LogP contribution is -2.30. The summed E-state index contributed by atoms with van der Waals surface area (Å²) < 4.78 is 37.7. The molecule has 0 aliphatic heterocycles. The summed E-state index contributed by atoms with van der Waals surface area (Å²) in [6, 6.07) is 20.5. The maximum atomic E-state index is 13.1. The first-order chi connectivity index (χ1) is 13.0. The molecule has 27 heavy (non-hydrogen) atoms. The molecule has 3 aromatic rings. The second-order valence-electron chi connectivity index (χ2n) is 5.83.